The zero-order valence-electron chi connectivity index (χ0n) is 46.2. The van der Waals surface area contributed by atoms with Crippen LogP contribution in [-0.2, 0) is 27.9 Å². The molecular weight excluding hydrogens is 892 g/mol. The number of carbonyl (C=O) groups is 2. The molecule has 0 aliphatic heterocycles. The quantitative estimate of drug-likeness (QED) is 0.0205. The number of hydrogen-bond acceptors (Lipinski definition) is 6. The molecule has 0 aliphatic carbocycles. The van der Waals surface area contributed by atoms with E-state index in [9.17, 15) is 19.0 Å². The molecule has 3 atom stereocenters. The third-order valence-corrected chi connectivity index (χ3v) is 13.4. The predicted molar refractivity (Wildman–Crippen MR) is 300 cm³/mol. The van der Waals surface area contributed by atoms with Gasteiger partial charge in [0.05, 0.1) is 33.8 Å². The van der Waals surface area contributed by atoms with Crippen molar-refractivity contribution in [2.45, 2.75) is 258 Å². The van der Waals surface area contributed by atoms with Gasteiger partial charge in [-0.2, -0.15) is 0 Å². The summed E-state index contributed by atoms with van der Waals surface area (Å²) in [5, 5.41) is 3.03. The first-order valence-electron chi connectivity index (χ1n) is 28.8. The molecule has 0 aromatic carbocycles. The molecule has 0 fully saturated rings. The molecule has 0 heterocycles. The van der Waals surface area contributed by atoms with E-state index in [-0.39, 0.29) is 31.5 Å². The molecule has 0 aromatic rings. The summed E-state index contributed by atoms with van der Waals surface area (Å²) in [5.74, 6) is -0.540. The Bertz CT molecular complexity index is 1430. The number of amides is 1. The highest BCUT2D eigenvalue weighted by atomic mass is 31.2. The van der Waals surface area contributed by atoms with Gasteiger partial charge >= 0.3 is 13.8 Å². The molecule has 0 bridgehead atoms. The number of nitrogens with one attached hydrogen (secondary N) is 1. The van der Waals surface area contributed by atoms with Gasteiger partial charge < -0.3 is 19.4 Å². The molecule has 2 N–H and O–H groups in total. The minimum atomic E-state index is -4.45. The van der Waals surface area contributed by atoms with Crippen LogP contribution in [0.3, 0.4) is 0 Å². The predicted octanol–water partition coefficient (Wildman–Crippen LogP) is 17.3. The van der Waals surface area contributed by atoms with Crippen molar-refractivity contribution < 1.29 is 37.3 Å². The zero-order chi connectivity index (χ0) is 51.5. The minimum Gasteiger partial charge on any atom is -0.456 e. The summed E-state index contributed by atoms with van der Waals surface area (Å²) in [6.07, 6.45) is 63.2. The molecule has 0 aromatic heterocycles. The van der Waals surface area contributed by atoms with Crippen molar-refractivity contribution in [3.8, 4) is 0 Å². The monoisotopic (exact) mass is 1000 g/mol. The fourth-order valence-electron chi connectivity index (χ4n) is 7.84. The van der Waals surface area contributed by atoms with Crippen molar-refractivity contribution in [1.82, 2.24) is 5.32 Å². The lowest BCUT2D eigenvalue weighted by Crippen LogP contribution is -2.47. The van der Waals surface area contributed by atoms with Crippen LogP contribution >= 0.6 is 7.82 Å². The first-order valence-corrected chi connectivity index (χ1v) is 30.3. The van der Waals surface area contributed by atoms with Crippen LogP contribution in [0.25, 0.3) is 0 Å². The SMILES string of the molecule is CCCC/C=C\CCCCCCCC(=O)NC(COP(=O)(O)OCC[N+](C)(C)C)C(/C=C\CCCCCCCCCCCC)OC(=O)CCCCCCC/C=C\C/C=C\C/C=C\C/C=C\CCCCC. The van der Waals surface area contributed by atoms with Crippen LogP contribution < -0.4 is 5.32 Å². The molecule has 0 rings (SSSR count). The van der Waals surface area contributed by atoms with Gasteiger partial charge in [0.15, 0.2) is 0 Å². The molecule has 70 heavy (non-hydrogen) atoms. The number of hydrogen-bond donors (Lipinski definition) is 2. The maximum atomic E-state index is 13.4. The standard InChI is InChI=1S/C60H109N2O7P/c1-7-10-13-16-19-22-25-27-28-29-30-31-32-33-34-35-38-41-44-47-50-53-60(64)69-58(51-48-45-42-39-37-26-23-20-17-14-11-8-2)57(56-68-70(65,66)67-55-54-62(4,5)6)61-59(63)52-49-46-43-40-36-24-21-18-15-12-9-3/h18-19,21-22,27-28,30-31,33-34,48,51,57-58H,7-17,20,23-26,29,32,35-47,49-50,52-56H2,1-6H3,(H-,61,63,65,66)/p+1/b21-18-,22-19-,28-27-,31-30-,34-33-,51-48-. The number of esters is 1. The van der Waals surface area contributed by atoms with E-state index in [0.717, 1.165) is 116 Å². The van der Waals surface area contributed by atoms with Crippen LogP contribution in [0.1, 0.15) is 245 Å². The summed E-state index contributed by atoms with van der Waals surface area (Å²) in [6.45, 7) is 6.91. The Balaban J connectivity index is 5.32. The lowest BCUT2D eigenvalue weighted by Gasteiger charge is -2.27. The van der Waals surface area contributed by atoms with Crippen molar-refractivity contribution in [3.05, 3.63) is 72.9 Å². The van der Waals surface area contributed by atoms with Crippen LogP contribution in [0.15, 0.2) is 72.9 Å². The molecule has 9 nitrogen and oxygen atoms in total. The maximum absolute atomic E-state index is 13.4. The molecule has 3 unspecified atom stereocenters. The largest absolute Gasteiger partial charge is 0.472 e. The molecule has 10 heteroatoms. The second-order valence-electron chi connectivity index (χ2n) is 20.5. The summed E-state index contributed by atoms with van der Waals surface area (Å²) in [7, 11) is 1.47. The van der Waals surface area contributed by atoms with Gasteiger partial charge in [-0.3, -0.25) is 18.6 Å². The third-order valence-electron chi connectivity index (χ3n) is 12.4. The van der Waals surface area contributed by atoms with E-state index in [2.05, 4.69) is 86.8 Å². The van der Waals surface area contributed by atoms with Gasteiger partial charge in [-0.05, 0) is 96.0 Å². The number of carbonyl (C=O) groups excluding carboxylic acids is 2. The summed E-state index contributed by atoms with van der Waals surface area (Å²) in [5.41, 5.74) is 0. The highest BCUT2D eigenvalue weighted by Crippen LogP contribution is 2.43. The first kappa shape index (κ1) is 67.5. The lowest BCUT2D eigenvalue weighted by atomic mass is 10.0. The Kier molecular flexibility index (Phi) is 48.2. The Labute approximate surface area is 432 Å². The average molecular weight is 1000 g/mol. The number of rotatable bonds is 51. The number of nitrogens with zero attached hydrogens (tertiary/aromatic N) is 1. The first-order chi connectivity index (χ1) is 33.9. The number of ether oxygens (including phenoxy) is 1. The van der Waals surface area contributed by atoms with E-state index in [1.165, 1.54) is 89.9 Å². The van der Waals surface area contributed by atoms with E-state index < -0.39 is 20.0 Å². The van der Waals surface area contributed by atoms with Gasteiger partial charge in [0.25, 0.3) is 0 Å². The zero-order valence-corrected chi connectivity index (χ0v) is 47.1. The topological polar surface area (TPSA) is 111 Å². The molecule has 0 saturated heterocycles. The second kappa shape index (κ2) is 50.0. The van der Waals surface area contributed by atoms with Crippen LogP contribution in [-0.4, -0.2) is 74.3 Å². The Morgan fingerprint density at radius 2 is 0.886 bits per heavy atom. The second-order valence-corrected chi connectivity index (χ2v) is 21.9. The molecule has 0 saturated carbocycles. The van der Waals surface area contributed by atoms with Crippen molar-refractivity contribution in [2.75, 3.05) is 40.9 Å². The summed E-state index contributed by atoms with van der Waals surface area (Å²) >= 11 is 0. The van der Waals surface area contributed by atoms with Gasteiger partial charge in [-0.1, -0.05) is 210 Å². The van der Waals surface area contributed by atoms with Gasteiger partial charge in [0.2, 0.25) is 5.91 Å². The Hall–Kier alpha value is -2.55. The number of unbranched alkanes of at least 4 members (excludes halogenated alkanes) is 25. The molecule has 0 spiro atoms. The van der Waals surface area contributed by atoms with Crippen LogP contribution in [0.5, 0.6) is 0 Å². The van der Waals surface area contributed by atoms with Gasteiger partial charge in [0.1, 0.15) is 19.3 Å². The fraction of sp³-hybridized carbons (Fsp3) is 0.767. The molecule has 0 radical (unpaired) electrons. The van der Waals surface area contributed by atoms with Gasteiger partial charge in [0, 0.05) is 12.8 Å². The molecular formula is C60H110N2O7P+. The summed E-state index contributed by atoms with van der Waals surface area (Å²) in [6, 6.07) is -0.861. The normalized spacial score (nSPS) is 14.3. The third kappa shape index (κ3) is 50.4. The minimum absolute atomic E-state index is 0.0329. The van der Waals surface area contributed by atoms with Crippen LogP contribution in [0.4, 0.5) is 0 Å². The maximum Gasteiger partial charge on any atom is 0.472 e. The van der Waals surface area contributed by atoms with E-state index in [1.54, 1.807) is 0 Å². The molecule has 406 valence electrons. The average Bonchev–Trinajstić information content (AvgIpc) is 3.32. The highest BCUT2D eigenvalue weighted by Gasteiger charge is 2.30. The van der Waals surface area contributed by atoms with Crippen molar-refractivity contribution in [1.29, 1.82) is 0 Å². The van der Waals surface area contributed by atoms with E-state index in [4.69, 9.17) is 13.8 Å². The fourth-order valence-corrected chi connectivity index (χ4v) is 8.58. The smallest absolute Gasteiger partial charge is 0.456 e. The number of phosphoric acid groups is 1. The van der Waals surface area contributed by atoms with Crippen LogP contribution in [0.2, 0.25) is 0 Å². The Morgan fingerprint density at radius 3 is 1.39 bits per heavy atom. The number of phosphoric ester groups is 1. The van der Waals surface area contributed by atoms with Crippen molar-refractivity contribution in [3.63, 3.8) is 0 Å². The number of quaternary nitrogens is 1. The molecule has 1 amide bonds. The van der Waals surface area contributed by atoms with Gasteiger partial charge in [-0.15, -0.1) is 0 Å². The van der Waals surface area contributed by atoms with E-state index in [1.807, 2.05) is 33.3 Å². The Morgan fingerprint density at radius 1 is 0.500 bits per heavy atom. The summed E-state index contributed by atoms with van der Waals surface area (Å²) < 4.78 is 30.6. The van der Waals surface area contributed by atoms with E-state index >= 15 is 0 Å². The lowest BCUT2D eigenvalue weighted by molar-refractivity contribution is -0.870. The van der Waals surface area contributed by atoms with Crippen LogP contribution in [0, 0.1) is 0 Å². The number of likely N-dealkylation sites (N-methyl/N-ethyl adjacent to an activating group) is 1. The van der Waals surface area contributed by atoms with Crippen molar-refractivity contribution >= 4 is 19.7 Å². The van der Waals surface area contributed by atoms with Gasteiger partial charge in [-0.25, -0.2) is 4.57 Å². The highest BCUT2D eigenvalue weighted by molar-refractivity contribution is 7.47. The number of allylic oxidation sites excluding steroid dienone is 11. The molecule has 0 aliphatic rings. The van der Waals surface area contributed by atoms with Crippen molar-refractivity contribution in [2.24, 2.45) is 0 Å². The summed E-state index contributed by atoms with van der Waals surface area (Å²) in [4.78, 5) is 37.5. The van der Waals surface area contributed by atoms with E-state index in [0.29, 0.717) is 23.9 Å².